The number of anilines is 2. The van der Waals surface area contributed by atoms with Crippen LogP contribution in [0.4, 0.5) is 11.4 Å². The zero-order valence-electron chi connectivity index (χ0n) is 18.7. The summed E-state index contributed by atoms with van der Waals surface area (Å²) in [5, 5.41) is 12.6. The maximum absolute atomic E-state index is 13.2. The molecule has 188 valence electrons. The minimum absolute atomic E-state index is 0.0312. The van der Waals surface area contributed by atoms with Gasteiger partial charge in [-0.25, -0.2) is 8.42 Å². The highest BCUT2D eigenvalue weighted by Crippen LogP contribution is 2.30. The minimum Gasteiger partial charge on any atom is -0.394 e. The van der Waals surface area contributed by atoms with Gasteiger partial charge in [-0.05, 0) is 54.6 Å². The number of aliphatic hydroxyl groups excluding tert-OH is 1. The van der Waals surface area contributed by atoms with Gasteiger partial charge in [0.1, 0.15) is 0 Å². The van der Waals surface area contributed by atoms with E-state index in [-0.39, 0.29) is 50.9 Å². The van der Waals surface area contributed by atoms with Gasteiger partial charge < -0.3 is 10.4 Å². The fourth-order valence-corrected chi connectivity index (χ4v) is 6.28. The molecule has 0 saturated carbocycles. The Bertz CT molecular complexity index is 1570. The van der Waals surface area contributed by atoms with Crippen LogP contribution in [0.25, 0.3) is 10.2 Å². The molecular weight excluding hydrogens is 545 g/mol. The van der Waals surface area contributed by atoms with Crippen molar-refractivity contribution in [3.05, 3.63) is 86.4 Å². The van der Waals surface area contributed by atoms with Crippen molar-refractivity contribution >= 4 is 72.1 Å². The van der Waals surface area contributed by atoms with E-state index in [2.05, 4.69) is 5.32 Å². The highest BCUT2D eigenvalue weighted by Gasteiger charge is 2.25. The first-order valence-electron chi connectivity index (χ1n) is 10.8. The van der Waals surface area contributed by atoms with E-state index in [0.29, 0.717) is 5.69 Å². The monoisotopic (exact) mass is 565 g/mol. The van der Waals surface area contributed by atoms with Crippen LogP contribution in [0.1, 0.15) is 6.42 Å². The van der Waals surface area contributed by atoms with Crippen molar-refractivity contribution < 1.29 is 18.3 Å². The number of nitrogens with one attached hydrogen (secondary N) is 1. The molecule has 4 rings (SSSR count). The molecule has 0 aliphatic rings. The SMILES string of the molecule is O=C(CCn1c(=O)sc2ccccc21)Nc1ccc(S(=O)(=O)N(CCO)c2ccc(Cl)c(Cl)c2)cc1. The van der Waals surface area contributed by atoms with Crippen molar-refractivity contribution in [3.63, 3.8) is 0 Å². The molecular formula is C24H21Cl2N3O5S2. The Kier molecular flexibility index (Phi) is 8.01. The number of thiazole rings is 1. The standard InChI is InChI=1S/C24H21Cl2N3O5S2/c25-19-10-7-17(15-20(19)26)29(13-14-30)36(33,34)18-8-5-16(6-9-18)27-23(31)11-12-28-21-3-1-2-4-22(21)35-24(28)32/h1-10,15,30H,11-14H2,(H,27,31). The van der Waals surface area contributed by atoms with E-state index in [1.165, 1.54) is 42.5 Å². The Morgan fingerprint density at radius 3 is 2.44 bits per heavy atom. The molecule has 1 amide bonds. The molecule has 0 fully saturated rings. The number of para-hydroxylation sites is 1. The first-order chi connectivity index (χ1) is 17.2. The predicted molar refractivity (Wildman–Crippen MR) is 144 cm³/mol. The predicted octanol–water partition coefficient (Wildman–Crippen LogP) is 4.59. The fraction of sp³-hybridized carbons (Fsp3) is 0.167. The number of nitrogens with zero attached hydrogens (tertiary/aromatic N) is 2. The fourth-order valence-electron chi connectivity index (χ4n) is 3.62. The summed E-state index contributed by atoms with van der Waals surface area (Å²) in [7, 11) is -4.03. The molecule has 8 nitrogen and oxygen atoms in total. The van der Waals surface area contributed by atoms with Gasteiger partial charge in [-0.15, -0.1) is 0 Å². The molecule has 12 heteroatoms. The van der Waals surface area contributed by atoms with Crippen LogP contribution >= 0.6 is 34.5 Å². The Balaban J connectivity index is 1.46. The van der Waals surface area contributed by atoms with Crippen LogP contribution in [-0.4, -0.2) is 37.2 Å². The Hall–Kier alpha value is -2.89. The number of fused-ring (bicyclic) bond motifs is 1. The van der Waals surface area contributed by atoms with Gasteiger partial charge in [0, 0.05) is 18.7 Å². The van der Waals surface area contributed by atoms with Gasteiger partial charge in [0.05, 0.1) is 44.0 Å². The number of carbonyl (C=O) groups excluding carboxylic acids is 1. The summed E-state index contributed by atoms with van der Waals surface area (Å²) in [5.41, 5.74) is 1.45. The Morgan fingerprint density at radius 2 is 1.75 bits per heavy atom. The topological polar surface area (TPSA) is 109 Å². The van der Waals surface area contributed by atoms with Crippen LogP contribution in [0.3, 0.4) is 0 Å². The zero-order valence-corrected chi connectivity index (χ0v) is 21.9. The zero-order chi connectivity index (χ0) is 25.9. The van der Waals surface area contributed by atoms with E-state index in [4.69, 9.17) is 23.2 Å². The average molecular weight is 566 g/mol. The molecule has 0 aliphatic carbocycles. The average Bonchev–Trinajstić information content (AvgIpc) is 3.18. The van der Waals surface area contributed by atoms with Gasteiger partial charge in [0.25, 0.3) is 10.0 Å². The maximum Gasteiger partial charge on any atom is 0.308 e. The van der Waals surface area contributed by atoms with Crippen molar-refractivity contribution in [3.8, 4) is 0 Å². The summed E-state index contributed by atoms with van der Waals surface area (Å²) in [6.07, 6.45) is 0.0717. The summed E-state index contributed by atoms with van der Waals surface area (Å²) in [4.78, 5) is 24.6. The molecule has 0 aliphatic heterocycles. The third-order valence-electron chi connectivity index (χ3n) is 5.36. The van der Waals surface area contributed by atoms with Gasteiger partial charge in [-0.1, -0.05) is 46.7 Å². The number of hydrogen-bond donors (Lipinski definition) is 2. The van der Waals surface area contributed by atoms with Gasteiger partial charge in [-0.2, -0.15) is 0 Å². The quantitative estimate of drug-likeness (QED) is 0.308. The lowest BCUT2D eigenvalue weighted by molar-refractivity contribution is -0.116. The second-order valence-electron chi connectivity index (χ2n) is 7.71. The second kappa shape index (κ2) is 11.0. The largest absolute Gasteiger partial charge is 0.394 e. The molecule has 0 spiro atoms. The van der Waals surface area contributed by atoms with Crippen LogP contribution in [0, 0.1) is 0 Å². The minimum atomic E-state index is -4.03. The smallest absolute Gasteiger partial charge is 0.308 e. The van der Waals surface area contributed by atoms with Gasteiger partial charge in [0.15, 0.2) is 0 Å². The van der Waals surface area contributed by atoms with Crippen LogP contribution < -0.4 is 14.5 Å². The van der Waals surface area contributed by atoms with Gasteiger partial charge >= 0.3 is 4.87 Å². The second-order valence-corrected chi connectivity index (χ2v) is 11.4. The van der Waals surface area contributed by atoms with Crippen molar-refractivity contribution in [1.29, 1.82) is 0 Å². The lowest BCUT2D eigenvalue weighted by atomic mass is 10.3. The normalized spacial score (nSPS) is 11.5. The van der Waals surface area contributed by atoms with Crippen molar-refractivity contribution in [2.45, 2.75) is 17.9 Å². The molecule has 1 heterocycles. The number of aliphatic hydroxyl groups is 1. The van der Waals surface area contributed by atoms with E-state index >= 15 is 0 Å². The molecule has 4 aromatic rings. The molecule has 2 N–H and O–H groups in total. The number of rotatable bonds is 9. The summed E-state index contributed by atoms with van der Waals surface area (Å²) in [6.45, 7) is -0.369. The molecule has 3 aromatic carbocycles. The first kappa shape index (κ1) is 26.2. The summed E-state index contributed by atoms with van der Waals surface area (Å²) >= 11 is 13.1. The van der Waals surface area contributed by atoms with Gasteiger partial charge in [0.2, 0.25) is 5.91 Å². The van der Waals surface area contributed by atoms with Crippen molar-refractivity contribution in [1.82, 2.24) is 4.57 Å². The van der Waals surface area contributed by atoms with Crippen LogP contribution in [-0.2, 0) is 21.4 Å². The number of halogens is 2. The van der Waals surface area contributed by atoms with E-state index in [1.807, 2.05) is 24.3 Å². The summed E-state index contributed by atoms with van der Waals surface area (Å²) < 4.78 is 29.9. The molecule has 0 saturated heterocycles. The van der Waals surface area contributed by atoms with E-state index in [0.717, 1.165) is 25.9 Å². The number of hydrogen-bond acceptors (Lipinski definition) is 6. The summed E-state index contributed by atoms with van der Waals surface area (Å²) in [5.74, 6) is -0.314. The van der Waals surface area contributed by atoms with Crippen LogP contribution in [0.2, 0.25) is 10.0 Å². The van der Waals surface area contributed by atoms with Crippen molar-refractivity contribution in [2.24, 2.45) is 0 Å². The molecule has 0 bridgehead atoms. The molecule has 1 aromatic heterocycles. The number of sulfonamides is 1. The lowest BCUT2D eigenvalue weighted by Crippen LogP contribution is -2.33. The molecule has 0 unspecified atom stereocenters. The highest BCUT2D eigenvalue weighted by molar-refractivity contribution is 7.92. The van der Waals surface area contributed by atoms with Crippen LogP contribution in [0.5, 0.6) is 0 Å². The number of amides is 1. The molecule has 0 radical (unpaired) electrons. The molecule has 0 atom stereocenters. The van der Waals surface area contributed by atoms with Crippen molar-refractivity contribution in [2.75, 3.05) is 22.8 Å². The van der Waals surface area contributed by atoms with Gasteiger partial charge in [-0.3, -0.25) is 18.5 Å². The van der Waals surface area contributed by atoms with E-state index < -0.39 is 16.6 Å². The number of aryl methyl sites for hydroxylation is 1. The van der Waals surface area contributed by atoms with E-state index in [1.54, 1.807) is 4.57 Å². The third kappa shape index (κ3) is 5.58. The van der Waals surface area contributed by atoms with Crippen LogP contribution in [0.15, 0.2) is 76.4 Å². The first-order valence-corrected chi connectivity index (χ1v) is 13.8. The number of aromatic nitrogens is 1. The summed E-state index contributed by atoms with van der Waals surface area (Å²) in [6, 6.07) is 17.5. The van der Waals surface area contributed by atoms with E-state index in [9.17, 15) is 23.1 Å². The Morgan fingerprint density at radius 1 is 1.03 bits per heavy atom. The third-order valence-corrected chi connectivity index (χ3v) is 8.90. The number of benzene rings is 3. The Labute approximate surface area is 221 Å². The number of carbonyl (C=O) groups is 1. The molecule has 36 heavy (non-hydrogen) atoms. The highest BCUT2D eigenvalue weighted by atomic mass is 35.5. The maximum atomic E-state index is 13.2. The lowest BCUT2D eigenvalue weighted by Gasteiger charge is -2.24.